The van der Waals surface area contributed by atoms with E-state index in [1.165, 1.54) is 38.0 Å². The van der Waals surface area contributed by atoms with Crippen molar-refractivity contribution in [2.24, 2.45) is 5.92 Å². The fourth-order valence-electron chi connectivity index (χ4n) is 1.67. The van der Waals surface area contributed by atoms with E-state index in [0.29, 0.717) is 4.75 Å². The van der Waals surface area contributed by atoms with Crippen LogP contribution < -0.4 is 5.32 Å². The second kappa shape index (κ2) is 6.15. The van der Waals surface area contributed by atoms with E-state index in [9.17, 15) is 0 Å². The molecule has 2 heteroatoms. The highest BCUT2D eigenvalue weighted by Gasteiger charge is 2.26. The molecule has 90 valence electrons. The number of rotatable bonds is 7. The number of thioether (sulfide) groups is 1. The largest absolute Gasteiger partial charge is 0.313 e. The third-order valence-electron chi connectivity index (χ3n) is 2.72. The molecule has 1 aliphatic rings. The van der Waals surface area contributed by atoms with Gasteiger partial charge in [0.25, 0.3) is 0 Å². The zero-order chi connectivity index (χ0) is 11.3. The molecule has 1 N–H and O–H groups in total. The first-order valence-electron chi connectivity index (χ1n) is 6.38. The summed E-state index contributed by atoms with van der Waals surface area (Å²) in [5, 5.41) is 3.69. The highest BCUT2D eigenvalue weighted by Crippen LogP contribution is 2.35. The van der Waals surface area contributed by atoms with Gasteiger partial charge in [0, 0.05) is 16.5 Å². The van der Waals surface area contributed by atoms with Crippen molar-refractivity contribution in [1.82, 2.24) is 5.32 Å². The van der Waals surface area contributed by atoms with Crippen LogP contribution in [0.1, 0.15) is 53.4 Å². The molecule has 0 aromatic heterocycles. The minimum atomic E-state index is 0.412. The molecular weight excluding hydrogens is 202 g/mol. The molecule has 0 radical (unpaired) electrons. The highest BCUT2D eigenvalue weighted by atomic mass is 32.2. The Morgan fingerprint density at radius 2 is 2.00 bits per heavy atom. The summed E-state index contributed by atoms with van der Waals surface area (Å²) in [5.74, 6) is 2.32. The van der Waals surface area contributed by atoms with Gasteiger partial charge in [-0.3, -0.25) is 0 Å². The lowest BCUT2D eigenvalue weighted by atomic mass is 10.1. The van der Waals surface area contributed by atoms with Crippen LogP contribution in [0, 0.1) is 5.92 Å². The van der Waals surface area contributed by atoms with E-state index >= 15 is 0 Å². The summed E-state index contributed by atoms with van der Waals surface area (Å²) < 4.78 is 0.412. The highest BCUT2D eigenvalue weighted by molar-refractivity contribution is 8.00. The van der Waals surface area contributed by atoms with Crippen molar-refractivity contribution in [3.63, 3.8) is 0 Å². The van der Waals surface area contributed by atoms with Crippen LogP contribution in [0.4, 0.5) is 0 Å². The van der Waals surface area contributed by atoms with Gasteiger partial charge in [0.05, 0.1) is 0 Å². The maximum Gasteiger partial charge on any atom is 0.0161 e. The molecule has 0 heterocycles. The van der Waals surface area contributed by atoms with Gasteiger partial charge in [-0.2, -0.15) is 11.8 Å². The van der Waals surface area contributed by atoms with Crippen LogP contribution in [0.25, 0.3) is 0 Å². The van der Waals surface area contributed by atoms with Crippen molar-refractivity contribution in [1.29, 1.82) is 0 Å². The second-order valence-electron chi connectivity index (χ2n) is 5.75. The van der Waals surface area contributed by atoms with Gasteiger partial charge in [0.2, 0.25) is 0 Å². The van der Waals surface area contributed by atoms with Gasteiger partial charge in [0.1, 0.15) is 0 Å². The van der Waals surface area contributed by atoms with Crippen molar-refractivity contribution in [3.8, 4) is 0 Å². The van der Waals surface area contributed by atoms with E-state index in [0.717, 1.165) is 12.0 Å². The van der Waals surface area contributed by atoms with Gasteiger partial charge in [-0.15, -0.1) is 0 Å². The lowest BCUT2D eigenvalue weighted by Crippen LogP contribution is -2.33. The summed E-state index contributed by atoms with van der Waals surface area (Å²) in [6, 6.07) is 0.752. The molecule has 0 aromatic rings. The van der Waals surface area contributed by atoms with Gasteiger partial charge < -0.3 is 5.32 Å². The Hall–Kier alpha value is 0.310. The van der Waals surface area contributed by atoms with Gasteiger partial charge in [-0.1, -0.05) is 40.5 Å². The lowest BCUT2D eigenvalue weighted by Gasteiger charge is -2.23. The molecule has 1 aliphatic carbocycles. The van der Waals surface area contributed by atoms with Crippen LogP contribution in [0.15, 0.2) is 0 Å². The molecule has 15 heavy (non-hydrogen) atoms. The van der Waals surface area contributed by atoms with Gasteiger partial charge in [-0.25, -0.2) is 0 Å². The van der Waals surface area contributed by atoms with Gasteiger partial charge in [-0.05, 0) is 25.3 Å². The van der Waals surface area contributed by atoms with Crippen LogP contribution in [-0.2, 0) is 0 Å². The normalized spacial score (nSPS) is 19.2. The zero-order valence-corrected chi connectivity index (χ0v) is 11.6. The molecule has 0 spiro atoms. The van der Waals surface area contributed by atoms with Crippen molar-refractivity contribution >= 4 is 11.8 Å². The Balaban J connectivity index is 2.20. The molecule has 1 nitrogen and oxygen atoms in total. The van der Waals surface area contributed by atoms with Crippen molar-refractivity contribution in [2.45, 2.75) is 64.2 Å². The molecular formula is C13H27NS. The first-order valence-corrected chi connectivity index (χ1v) is 7.37. The third-order valence-corrected chi connectivity index (χ3v) is 4.15. The molecule has 0 aliphatic heterocycles. The second-order valence-corrected chi connectivity index (χ2v) is 7.60. The van der Waals surface area contributed by atoms with Crippen LogP contribution in [0.5, 0.6) is 0 Å². The first kappa shape index (κ1) is 13.4. The number of nitrogens with one attached hydrogen (secondary N) is 1. The minimum absolute atomic E-state index is 0.412. The fraction of sp³-hybridized carbons (Fsp3) is 1.00. The maximum absolute atomic E-state index is 3.69. The SMILES string of the molecule is CCCNC(CSC(C)(C)C)CC1CC1. The van der Waals surface area contributed by atoms with Gasteiger partial charge in [0.15, 0.2) is 0 Å². The summed E-state index contributed by atoms with van der Waals surface area (Å²) >= 11 is 2.10. The molecule has 1 fully saturated rings. The molecule has 0 saturated heterocycles. The first-order chi connectivity index (χ1) is 7.01. The van der Waals surface area contributed by atoms with E-state index in [-0.39, 0.29) is 0 Å². The number of hydrogen-bond donors (Lipinski definition) is 1. The van der Waals surface area contributed by atoms with Crippen LogP contribution >= 0.6 is 11.8 Å². The number of hydrogen-bond acceptors (Lipinski definition) is 2. The van der Waals surface area contributed by atoms with Crippen LogP contribution in [0.2, 0.25) is 0 Å². The summed E-state index contributed by atoms with van der Waals surface area (Å²) in [6.45, 7) is 10.4. The van der Waals surface area contributed by atoms with Crippen LogP contribution in [0.3, 0.4) is 0 Å². The Bertz CT molecular complexity index is 170. The van der Waals surface area contributed by atoms with Crippen molar-refractivity contribution < 1.29 is 0 Å². The monoisotopic (exact) mass is 229 g/mol. The van der Waals surface area contributed by atoms with Gasteiger partial charge >= 0.3 is 0 Å². The zero-order valence-electron chi connectivity index (χ0n) is 10.8. The minimum Gasteiger partial charge on any atom is -0.313 e. The molecule has 1 unspecified atom stereocenters. The summed E-state index contributed by atoms with van der Waals surface area (Å²) in [7, 11) is 0. The Labute approximate surface area is 99.8 Å². The summed E-state index contributed by atoms with van der Waals surface area (Å²) in [5.41, 5.74) is 0. The Morgan fingerprint density at radius 1 is 1.33 bits per heavy atom. The van der Waals surface area contributed by atoms with Crippen LogP contribution in [-0.4, -0.2) is 23.1 Å². The summed E-state index contributed by atoms with van der Waals surface area (Å²) in [6.07, 6.45) is 5.61. The molecule has 0 bridgehead atoms. The van der Waals surface area contributed by atoms with E-state index in [1.807, 2.05) is 0 Å². The van der Waals surface area contributed by atoms with E-state index < -0.39 is 0 Å². The smallest absolute Gasteiger partial charge is 0.0161 e. The average molecular weight is 229 g/mol. The topological polar surface area (TPSA) is 12.0 Å². The fourth-order valence-corrected chi connectivity index (χ4v) is 2.62. The standard InChI is InChI=1S/C13H27NS/c1-5-8-14-12(9-11-6-7-11)10-15-13(2,3)4/h11-12,14H,5-10H2,1-4H3. The predicted molar refractivity (Wildman–Crippen MR) is 71.6 cm³/mol. The quantitative estimate of drug-likeness (QED) is 0.714. The van der Waals surface area contributed by atoms with Crippen molar-refractivity contribution in [3.05, 3.63) is 0 Å². The molecule has 1 atom stereocenters. The predicted octanol–water partition coefficient (Wildman–Crippen LogP) is 3.69. The molecule has 0 aromatic carbocycles. The van der Waals surface area contributed by atoms with Crippen molar-refractivity contribution in [2.75, 3.05) is 12.3 Å². The van der Waals surface area contributed by atoms with E-state index in [1.54, 1.807) is 0 Å². The molecule has 1 saturated carbocycles. The average Bonchev–Trinajstić information content (AvgIpc) is 2.92. The summed E-state index contributed by atoms with van der Waals surface area (Å²) in [4.78, 5) is 0. The molecule has 0 amide bonds. The van der Waals surface area contributed by atoms with E-state index in [4.69, 9.17) is 0 Å². The lowest BCUT2D eigenvalue weighted by molar-refractivity contribution is 0.493. The maximum atomic E-state index is 3.69. The third kappa shape index (κ3) is 7.24. The molecule has 1 rings (SSSR count). The Morgan fingerprint density at radius 3 is 2.47 bits per heavy atom. The Kier molecular flexibility index (Phi) is 5.48. The van der Waals surface area contributed by atoms with E-state index in [2.05, 4.69) is 44.8 Å².